The summed E-state index contributed by atoms with van der Waals surface area (Å²) in [7, 11) is 0. The Hall–Kier alpha value is -2.66. The number of anilines is 1. The molecule has 1 atom stereocenters. The van der Waals surface area contributed by atoms with E-state index in [2.05, 4.69) is 15.4 Å². The smallest absolute Gasteiger partial charge is 0.300 e. The molecule has 1 aromatic heterocycles. The summed E-state index contributed by atoms with van der Waals surface area (Å²) < 4.78 is 1.70. The second-order valence-corrected chi connectivity index (χ2v) is 6.07. The maximum atomic E-state index is 12.5. The van der Waals surface area contributed by atoms with Crippen LogP contribution in [0.4, 0.5) is 5.69 Å². The molecule has 0 unspecified atom stereocenters. The quantitative estimate of drug-likeness (QED) is 0.727. The molecule has 1 aliphatic rings. The monoisotopic (exact) mass is 338 g/mol. The highest BCUT2D eigenvalue weighted by Gasteiger charge is 2.26. The summed E-state index contributed by atoms with van der Waals surface area (Å²) >= 11 is 6.10. The van der Waals surface area contributed by atoms with E-state index in [1.165, 1.54) is 0 Å². The van der Waals surface area contributed by atoms with Gasteiger partial charge in [-0.05, 0) is 19.1 Å². The number of alkyl halides is 1. The van der Waals surface area contributed by atoms with Crippen LogP contribution in [0.2, 0.25) is 0 Å². The Morgan fingerprint density at radius 2 is 1.92 bits per heavy atom. The zero-order valence-corrected chi connectivity index (χ0v) is 13.8. The van der Waals surface area contributed by atoms with Crippen molar-refractivity contribution >= 4 is 17.3 Å². The molecule has 1 aliphatic heterocycles. The molecule has 5 nitrogen and oxygen atoms in total. The van der Waals surface area contributed by atoms with Crippen LogP contribution in [-0.2, 0) is 0 Å². The molecule has 0 fully saturated rings. The molecule has 2 heterocycles. The molecule has 4 rings (SSSR count). The van der Waals surface area contributed by atoms with Crippen LogP contribution in [0.5, 0.6) is 0 Å². The molecule has 0 spiro atoms. The number of nitrogens with one attached hydrogen (secondary N) is 1. The Morgan fingerprint density at radius 3 is 2.67 bits per heavy atom. The lowest BCUT2D eigenvalue weighted by molar-refractivity contribution is 0.526. The van der Waals surface area contributed by atoms with E-state index in [1.54, 1.807) is 4.68 Å². The van der Waals surface area contributed by atoms with Gasteiger partial charge in [0.2, 0.25) is 0 Å². The van der Waals surface area contributed by atoms with Gasteiger partial charge in [-0.2, -0.15) is 10.1 Å². The fourth-order valence-corrected chi connectivity index (χ4v) is 3.05. The number of hydrogen-bond acceptors (Lipinski definition) is 4. The fraction of sp³-hybridized carbons (Fsp3) is 0.167. The first kappa shape index (κ1) is 14.9. The Kier molecular flexibility index (Phi) is 3.58. The highest BCUT2D eigenvalue weighted by Crippen LogP contribution is 2.34. The van der Waals surface area contributed by atoms with E-state index < -0.39 is 0 Å². The number of aromatic nitrogens is 3. The van der Waals surface area contributed by atoms with Crippen LogP contribution < -0.4 is 10.9 Å². The summed E-state index contributed by atoms with van der Waals surface area (Å²) in [5, 5.41) is 7.90. The molecule has 0 radical (unpaired) electrons. The molecule has 0 amide bonds. The first-order valence-corrected chi connectivity index (χ1v) is 8.20. The molecule has 0 saturated carbocycles. The predicted octanol–water partition coefficient (Wildman–Crippen LogP) is 3.44. The zero-order chi connectivity index (χ0) is 16.7. The van der Waals surface area contributed by atoms with E-state index in [0.29, 0.717) is 17.4 Å². The molecule has 3 aromatic rings. The third-order valence-corrected chi connectivity index (χ3v) is 4.38. The van der Waals surface area contributed by atoms with Gasteiger partial charge in [0.25, 0.3) is 5.56 Å². The van der Waals surface area contributed by atoms with Crippen LogP contribution in [0.25, 0.3) is 22.6 Å². The van der Waals surface area contributed by atoms with Crippen molar-refractivity contribution in [2.75, 3.05) is 11.2 Å². The van der Waals surface area contributed by atoms with Gasteiger partial charge in [0.1, 0.15) is 6.17 Å². The number of fused-ring (bicyclic) bond motifs is 3. The average molecular weight is 339 g/mol. The lowest BCUT2D eigenvalue weighted by Crippen LogP contribution is -2.32. The second-order valence-electron chi connectivity index (χ2n) is 5.76. The minimum absolute atomic E-state index is 0.256. The molecule has 1 N–H and O–H groups in total. The molecular weight excluding hydrogens is 324 g/mol. The van der Waals surface area contributed by atoms with Gasteiger partial charge in [-0.25, -0.2) is 4.68 Å². The summed E-state index contributed by atoms with van der Waals surface area (Å²) in [6, 6.07) is 15.4. The third-order valence-electron chi connectivity index (χ3n) is 4.09. The normalized spacial score (nSPS) is 15.3. The van der Waals surface area contributed by atoms with E-state index in [4.69, 9.17) is 11.6 Å². The number of aryl methyl sites for hydroxylation is 1. The van der Waals surface area contributed by atoms with Crippen molar-refractivity contribution in [2.45, 2.75) is 13.1 Å². The highest BCUT2D eigenvalue weighted by atomic mass is 35.5. The van der Waals surface area contributed by atoms with Gasteiger partial charge in [-0.1, -0.05) is 42.0 Å². The summed E-state index contributed by atoms with van der Waals surface area (Å²) in [6.07, 6.45) is -0.256. The highest BCUT2D eigenvalue weighted by molar-refractivity contribution is 6.18. The molecule has 0 bridgehead atoms. The number of nitrogens with zero attached hydrogens (tertiary/aromatic N) is 3. The standard InChI is InChI=1S/C18H15ClN4O/c1-11-6-8-12(9-7-11)16-18(24)21-17-13-4-2-3-5-14(13)20-15(10-19)23(17)22-16/h2-9,15,20H,10H2,1H3/t15-/m0/s1. The largest absolute Gasteiger partial charge is 0.362 e. The van der Waals surface area contributed by atoms with Crippen LogP contribution in [0.3, 0.4) is 0 Å². The number of rotatable bonds is 2. The Morgan fingerprint density at radius 1 is 1.17 bits per heavy atom. The van der Waals surface area contributed by atoms with E-state index in [9.17, 15) is 4.79 Å². The van der Waals surface area contributed by atoms with Crippen molar-refractivity contribution in [1.82, 2.24) is 14.8 Å². The van der Waals surface area contributed by atoms with Crippen LogP contribution >= 0.6 is 11.6 Å². The third kappa shape index (κ3) is 2.37. The van der Waals surface area contributed by atoms with Crippen molar-refractivity contribution in [3.8, 4) is 22.6 Å². The van der Waals surface area contributed by atoms with Crippen molar-refractivity contribution in [2.24, 2.45) is 0 Å². The van der Waals surface area contributed by atoms with Gasteiger partial charge < -0.3 is 5.32 Å². The summed E-state index contributed by atoms with van der Waals surface area (Å²) in [6.45, 7) is 2.00. The van der Waals surface area contributed by atoms with Gasteiger partial charge in [0.15, 0.2) is 11.5 Å². The van der Waals surface area contributed by atoms with Crippen LogP contribution in [-0.4, -0.2) is 20.6 Å². The molecule has 0 aliphatic carbocycles. The molecule has 0 saturated heterocycles. The van der Waals surface area contributed by atoms with Crippen LogP contribution in [0, 0.1) is 6.92 Å². The Labute approximate surface area is 143 Å². The van der Waals surface area contributed by atoms with Crippen LogP contribution in [0.15, 0.2) is 53.3 Å². The SMILES string of the molecule is Cc1ccc(-c2nn3c(nc2=O)-c2ccccc2N[C@@H]3CCl)cc1. The summed E-state index contributed by atoms with van der Waals surface area (Å²) in [5.41, 5.74) is 3.61. The van der Waals surface area contributed by atoms with Crippen molar-refractivity contribution in [3.63, 3.8) is 0 Å². The minimum atomic E-state index is -0.338. The topological polar surface area (TPSA) is 59.8 Å². The van der Waals surface area contributed by atoms with E-state index in [1.807, 2.05) is 55.5 Å². The maximum Gasteiger partial charge on any atom is 0.300 e. The Balaban J connectivity index is 1.94. The van der Waals surface area contributed by atoms with Gasteiger partial charge in [0, 0.05) is 16.8 Å². The molecule has 6 heteroatoms. The second kappa shape index (κ2) is 5.76. The van der Waals surface area contributed by atoms with Gasteiger partial charge in [0.05, 0.1) is 5.88 Å². The lowest BCUT2D eigenvalue weighted by atomic mass is 10.1. The predicted molar refractivity (Wildman–Crippen MR) is 95.3 cm³/mol. The zero-order valence-electron chi connectivity index (χ0n) is 13.0. The number of benzene rings is 2. The number of halogens is 1. The minimum Gasteiger partial charge on any atom is -0.362 e. The summed E-state index contributed by atoms with van der Waals surface area (Å²) in [5.74, 6) is 0.850. The molecular formula is C18H15ClN4O. The number of hydrogen-bond donors (Lipinski definition) is 1. The average Bonchev–Trinajstić information content (AvgIpc) is 2.61. The van der Waals surface area contributed by atoms with Gasteiger partial charge in [-0.15, -0.1) is 11.6 Å². The van der Waals surface area contributed by atoms with E-state index in [-0.39, 0.29) is 11.7 Å². The molecule has 120 valence electrons. The maximum absolute atomic E-state index is 12.5. The number of para-hydroxylation sites is 1. The van der Waals surface area contributed by atoms with Crippen LogP contribution in [0.1, 0.15) is 11.7 Å². The fourth-order valence-electron chi connectivity index (χ4n) is 2.84. The van der Waals surface area contributed by atoms with Gasteiger partial charge >= 0.3 is 0 Å². The first-order valence-electron chi connectivity index (χ1n) is 7.67. The molecule has 2 aromatic carbocycles. The first-order chi connectivity index (χ1) is 11.7. The Bertz CT molecular complexity index is 965. The lowest BCUT2D eigenvalue weighted by Gasteiger charge is -2.28. The summed E-state index contributed by atoms with van der Waals surface area (Å²) in [4.78, 5) is 16.8. The van der Waals surface area contributed by atoms with Crippen molar-refractivity contribution in [3.05, 3.63) is 64.4 Å². The van der Waals surface area contributed by atoms with Crippen molar-refractivity contribution < 1.29 is 0 Å². The van der Waals surface area contributed by atoms with E-state index >= 15 is 0 Å². The van der Waals surface area contributed by atoms with E-state index in [0.717, 1.165) is 22.4 Å². The molecule has 24 heavy (non-hydrogen) atoms. The van der Waals surface area contributed by atoms with Gasteiger partial charge in [-0.3, -0.25) is 4.79 Å². The van der Waals surface area contributed by atoms with Crippen molar-refractivity contribution in [1.29, 1.82) is 0 Å².